The molecule has 1 aromatic rings. The van der Waals surface area contributed by atoms with Gasteiger partial charge in [0.2, 0.25) is 0 Å². The first-order valence-electron chi connectivity index (χ1n) is 7.50. The number of rotatable bonds is 7. The second-order valence-electron chi connectivity index (χ2n) is 5.51. The molecule has 23 heavy (non-hydrogen) atoms. The minimum atomic E-state index is -3.55. The highest BCUT2D eigenvalue weighted by molar-refractivity contribution is 7.86. The molecule has 1 aliphatic heterocycles. The predicted molar refractivity (Wildman–Crippen MR) is 84.2 cm³/mol. The van der Waals surface area contributed by atoms with Crippen molar-refractivity contribution < 1.29 is 22.4 Å². The Bertz CT molecular complexity index is 594. The number of carbonyl (C=O) groups is 1. The maximum absolute atomic E-state index is 12.5. The number of hydrogen-bond donors (Lipinski definition) is 1. The molecule has 130 valence electrons. The van der Waals surface area contributed by atoms with Crippen LogP contribution < -0.4 is 5.32 Å². The van der Waals surface area contributed by atoms with Crippen LogP contribution in [-0.2, 0) is 14.9 Å². The summed E-state index contributed by atoms with van der Waals surface area (Å²) in [6.07, 6.45) is 4.08. The molecule has 1 fully saturated rings. The monoisotopic (exact) mass is 345 g/mol. The van der Waals surface area contributed by atoms with Gasteiger partial charge in [0.25, 0.3) is 16.1 Å². The summed E-state index contributed by atoms with van der Waals surface area (Å²) in [5, 5.41) is 2.71. The zero-order chi connectivity index (χ0) is 16.9. The summed E-state index contributed by atoms with van der Waals surface area (Å²) >= 11 is 0. The van der Waals surface area contributed by atoms with Crippen LogP contribution in [0.25, 0.3) is 0 Å². The second-order valence-corrected chi connectivity index (χ2v) is 7.61. The van der Waals surface area contributed by atoms with Gasteiger partial charge in [-0.1, -0.05) is 0 Å². The standard InChI is InChI=1S/C14H23N3O5S/c1-16(2)23(19,20)17(13-4-9-21-10-5-13)7-6-15-14(18)12-3-8-22-11-12/h3,8,11,13H,4-7,9-10H2,1-2H3,(H,15,18). The number of nitrogens with one attached hydrogen (secondary N) is 1. The Morgan fingerprint density at radius 2 is 2.04 bits per heavy atom. The van der Waals surface area contributed by atoms with Crippen LogP contribution in [0.15, 0.2) is 23.0 Å². The molecule has 1 aromatic heterocycles. The van der Waals surface area contributed by atoms with Crippen LogP contribution in [0.3, 0.4) is 0 Å². The molecular weight excluding hydrogens is 322 g/mol. The minimum Gasteiger partial charge on any atom is -0.472 e. The van der Waals surface area contributed by atoms with Gasteiger partial charge in [0, 0.05) is 46.4 Å². The number of amides is 1. The van der Waals surface area contributed by atoms with Crippen molar-refractivity contribution in [2.75, 3.05) is 40.4 Å². The summed E-state index contributed by atoms with van der Waals surface area (Å²) in [4.78, 5) is 11.9. The highest BCUT2D eigenvalue weighted by Gasteiger charge is 2.32. The Morgan fingerprint density at radius 1 is 1.35 bits per heavy atom. The van der Waals surface area contributed by atoms with Crippen molar-refractivity contribution in [3.05, 3.63) is 24.2 Å². The van der Waals surface area contributed by atoms with Gasteiger partial charge in [-0.15, -0.1) is 0 Å². The van der Waals surface area contributed by atoms with E-state index >= 15 is 0 Å². The van der Waals surface area contributed by atoms with E-state index in [0.29, 0.717) is 31.6 Å². The number of hydrogen-bond acceptors (Lipinski definition) is 5. The van der Waals surface area contributed by atoms with Crippen molar-refractivity contribution in [1.82, 2.24) is 13.9 Å². The average Bonchev–Trinajstić information content (AvgIpc) is 3.06. The quantitative estimate of drug-likeness (QED) is 0.767. The van der Waals surface area contributed by atoms with Gasteiger partial charge >= 0.3 is 0 Å². The van der Waals surface area contributed by atoms with E-state index in [9.17, 15) is 13.2 Å². The Balaban J connectivity index is 1.98. The lowest BCUT2D eigenvalue weighted by atomic mass is 10.1. The fourth-order valence-electron chi connectivity index (χ4n) is 2.44. The van der Waals surface area contributed by atoms with Crippen LogP contribution in [0, 0.1) is 0 Å². The van der Waals surface area contributed by atoms with Gasteiger partial charge in [-0.3, -0.25) is 4.79 Å². The maximum Gasteiger partial charge on any atom is 0.281 e. The molecule has 2 rings (SSSR count). The number of nitrogens with zero attached hydrogens (tertiary/aromatic N) is 2. The van der Waals surface area contributed by atoms with Crippen LogP contribution in [0.2, 0.25) is 0 Å². The smallest absolute Gasteiger partial charge is 0.281 e. The molecule has 0 bridgehead atoms. The summed E-state index contributed by atoms with van der Waals surface area (Å²) in [6, 6.07) is 1.45. The molecule has 0 unspecified atom stereocenters. The molecule has 0 aromatic carbocycles. The molecule has 1 amide bonds. The third-order valence-electron chi connectivity index (χ3n) is 3.76. The highest BCUT2D eigenvalue weighted by atomic mass is 32.2. The third kappa shape index (κ3) is 4.54. The molecule has 0 spiro atoms. The van der Waals surface area contributed by atoms with Gasteiger partial charge < -0.3 is 14.5 Å². The molecule has 0 saturated carbocycles. The summed E-state index contributed by atoms with van der Waals surface area (Å²) in [5.41, 5.74) is 0.415. The van der Waals surface area contributed by atoms with Crippen molar-refractivity contribution >= 4 is 16.1 Å². The van der Waals surface area contributed by atoms with E-state index < -0.39 is 10.2 Å². The van der Waals surface area contributed by atoms with Crippen LogP contribution >= 0.6 is 0 Å². The summed E-state index contributed by atoms with van der Waals surface area (Å²) in [7, 11) is -0.538. The summed E-state index contributed by atoms with van der Waals surface area (Å²) < 4.78 is 37.8. The Labute approximate surface area is 136 Å². The normalized spacial score (nSPS) is 16.9. The first kappa shape index (κ1) is 17.9. The van der Waals surface area contributed by atoms with E-state index in [0.717, 1.165) is 0 Å². The van der Waals surface area contributed by atoms with E-state index in [1.807, 2.05) is 0 Å². The van der Waals surface area contributed by atoms with E-state index in [4.69, 9.17) is 9.15 Å². The van der Waals surface area contributed by atoms with E-state index in [-0.39, 0.29) is 25.0 Å². The molecule has 1 saturated heterocycles. The first-order chi connectivity index (χ1) is 10.9. The van der Waals surface area contributed by atoms with Gasteiger partial charge in [-0.25, -0.2) is 0 Å². The van der Waals surface area contributed by atoms with Crippen molar-refractivity contribution in [3.8, 4) is 0 Å². The lowest BCUT2D eigenvalue weighted by molar-refractivity contribution is 0.0571. The zero-order valence-corrected chi connectivity index (χ0v) is 14.2. The van der Waals surface area contributed by atoms with Crippen LogP contribution in [-0.4, -0.2) is 69.4 Å². The average molecular weight is 345 g/mol. The van der Waals surface area contributed by atoms with Crippen LogP contribution in [0.5, 0.6) is 0 Å². The number of ether oxygens (including phenoxy) is 1. The van der Waals surface area contributed by atoms with Crippen molar-refractivity contribution in [1.29, 1.82) is 0 Å². The van der Waals surface area contributed by atoms with Crippen molar-refractivity contribution in [2.24, 2.45) is 0 Å². The van der Waals surface area contributed by atoms with Gasteiger partial charge in [0.05, 0.1) is 11.8 Å². The molecule has 0 atom stereocenters. The van der Waals surface area contributed by atoms with Crippen molar-refractivity contribution in [2.45, 2.75) is 18.9 Å². The second kappa shape index (κ2) is 7.91. The number of furan rings is 1. The molecule has 8 nitrogen and oxygen atoms in total. The number of carbonyl (C=O) groups excluding carboxylic acids is 1. The lowest BCUT2D eigenvalue weighted by Gasteiger charge is -2.34. The molecule has 0 aliphatic carbocycles. The van der Waals surface area contributed by atoms with Gasteiger partial charge in [-0.2, -0.15) is 17.0 Å². The molecule has 9 heteroatoms. The minimum absolute atomic E-state index is 0.109. The third-order valence-corrected chi connectivity index (χ3v) is 5.75. The van der Waals surface area contributed by atoms with E-state index in [1.165, 1.54) is 35.2 Å². The predicted octanol–water partition coefficient (Wildman–Crippen LogP) is 0.297. The van der Waals surface area contributed by atoms with Gasteiger partial charge in [0.1, 0.15) is 6.26 Å². The first-order valence-corrected chi connectivity index (χ1v) is 8.90. The van der Waals surface area contributed by atoms with E-state index in [1.54, 1.807) is 6.07 Å². The Kier molecular flexibility index (Phi) is 6.17. The molecule has 2 heterocycles. The van der Waals surface area contributed by atoms with Crippen LogP contribution in [0.1, 0.15) is 23.2 Å². The van der Waals surface area contributed by atoms with Crippen molar-refractivity contribution in [3.63, 3.8) is 0 Å². The molecule has 0 radical (unpaired) electrons. The largest absolute Gasteiger partial charge is 0.472 e. The molecular formula is C14H23N3O5S. The van der Waals surface area contributed by atoms with E-state index in [2.05, 4.69) is 5.32 Å². The highest BCUT2D eigenvalue weighted by Crippen LogP contribution is 2.19. The molecule has 1 N–H and O–H groups in total. The molecule has 1 aliphatic rings. The fraction of sp³-hybridized carbons (Fsp3) is 0.643. The maximum atomic E-state index is 12.5. The fourth-order valence-corrected chi connectivity index (χ4v) is 3.77. The topological polar surface area (TPSA) is 92.1 Å². The Hall–Kier alpha value is -1.42. The zero-order valence-electron chi connectivity index (χ0n) is 13.4. The van der Waals surface area contributed by atoms with Gasteiger partial charge in [-0.05, 0) is 18.9 Å². The Morgan fingerprint density at radius 3 is 2.61 bits per heavy atom. The van der Waals surface area contributed by atoms with Crippen LogP contribution in [0.4, 0.5) is 0 Å². The lowest BCUT2D eigenvalue weighted by Crippen LogP contribution is -2.50. The van der Waals surface area contributed by atoms with Gasteiger partial charge in [0.15, 0.2) is 0 Å². The summed E-state index contributed by atoms with van der Waals surface area (Å²) in [5.74, 6) is -0.284. The summed E-state index contributed by atoms with van der Waals surface area (Å²) in [6.45, 7) is 1.54. The SMILES string of the molecule is CN(C)S(=O)(=O)N(CCNC(=O)c1ccoc1)C1CCOCC1.